The van der Waals surface area contributed by atoms with E-state index in [9.17, 15) is 19.7 Å². The SMILES string of the molecule is CCCN(CC(=O)Nc1ccccc1C)C(=O)Cn1cnc(-c2cccc([N+](=O)[O-])c2)n1. The molecule has 0 saturated carbocycles. The van der Waals surface area contributed by atoms with Crippen molar-refractivity contribution in [2.75, 3.05) is 18.4 Å². The highest BCUT2D eigenvalue weighted by Crippen LogP contribution is 2.20. The van der Waals surface area contributed by atoms with E-state index < -0.39 is 4.92 Å². The van der Waals surface area contributed by atoms with Gasteiger partial charge in [-0.1, -0.05) is 37.3 Å². The van der Waals surface area contributed by atoms with Gasteiger partial charge in [0.15, 0.2) is 5.82 Å². The number of anilines is 1. The maximum absolute atomic E-state index is 12.8. The number of carbonyl (C=O) groups is 2. The number of hydrogen-bond donors (Lipinski definition) is 1. The number of aryl methyl sites for hydroxylation is 1. The topological polar surface area (TPSA) is 123 Å². The van der Waals surface area contributed by atoms with E-state index in [0.717, 1.165) is 5.56 Å². The van der Waals surface area contributed by atoms with Crippen LogP contribution in [0.25, 0.3) is 11.4 Å². The zero-order valence-corrected chi connectivity index (χ0v) is 17.9. The first-order valence-electron chi connectivity index (χ1n) is 10.1. The molecule has 0 bridgehead atoms. The van der Waals surface area contributed by atoms with Crippen LogP contribution >= 0.6 is 0 Å². The Bertz CT molecular complexity index is 1130. The Labute approximate surface area is 185 Å². The molecule has 0 fully saturated rings. The van der Waals surface area contributed by atoms with Gasteiger partial charge in [-0.25, -0.2) is 9.67 Å². The van der Waals surface area contributed by atoms with E-state index >= 15 is 0 Å². The molecule has 0 unspecified atom stereocenters. The number of nitro benzene ring substituents is 1. The molecule has 10 heteroatoms. The van der Waals surface area contributed by atoms with E-state index in [4.69, 9.17) is 0 Å². The van der Waals surface area contributed by atoms with Gasteiger partial charge in [0, 0.05) is 29.9 Å². The van der Waals surface area contributed by atoms with E-state index in [1.165, 1.54) is 28.0 Å². The molecule has 10 nitrogen and oxygen atoms in total. The Morgan fingerprint density at radius 1 is 1.19 bits per heavy atom. The number of para-hydroxylation sites is 1. The third kappa shape index (κ3) is 5.75. The third-order valence-corrected chi connectivity index (χ3v) is 4.75. The van der Waals surface area contributed by atoms with Crippen LogP contribution in [-0.4, -0.2) is 49.5 Å². The van der Waals surface area contributed by atoms with Crippen LogP contribution in [0.2, 0.25) is 0 Å². The Kier molecular flexibility index (Phi) is 7.27. The molecular formula is C22H24N6O4. The highest BCUT2D eigenvalue weighted by Gasteiger charge is 2.19. The monoisotopic (exact) mass is 436 g/mol. The minimum atomic E-state index is -0.491. The summed E-state index contributed by atoms with van der Waals surface area (Å²) in [7, 11) is 0. The quantitative estimate of drug-likeness (QED) is 0.406. The first-order chi connectivity index (χ1) is 15.4. The molecule has 2 aromatic carbocycles. The molecule has 2 amide bonds. The Morgan fingerprint density at radius 3 is 2.69 bits per heavy atom. The van der Waals surface area contributed by atoms with Crippen LogP contribution in [0, 0.1) is 17.0 Å². The van der Waals surface area contributed by atoms with Crippen LogP contribution in [0.4, 0.5) is 11.4 Å². The molecule has 0 aliphatic heterocycles. The van der Waals surface area contributed by atoms with Gasteiger partial charge in [0.1, 0.15) is 12.9 Å². The standard InChI is InChI=1S/C22H24N6O4/c1-3-11-26(13-20(29)24-19-10-5-4-7-16(19)2)21(30)14-27-15-23-22(25-27)17-8-6-9-18(12-17)28(31)32/h4-10,12,15H,3,11,13-14H2,1-2H3,(H,24,29). The van der Waals surface area contributed by atoms with Crippen molar-refractivity contribution < 1.29 is 14.5 Å². The summed E-state index contributed by atoms with van der Waals surface area (Å²) in [5, 5.41) is 18.1. The molecule has 1 heterocycles. The average molecular weight is 436 g/mol. The summed E-state index contributed by atoms with van der Waals surface area (Å²) < 4.78 is 1.36. The number of carbonyl (C=O) groups excluding carboxylic acids is 2. The van der Waals surface area contributed by atoms with Gasteiger partial charge < -0.3 is 10.2 Å². The number of hydrogen-bond acceptors (Lipinski definition) is 6. The van der Waals surface area contributed by atoms with Crippen molar-refractivity contribution in [2.45, 2.75) is 26.8 Å². The molecular weight excluding hydrogens is 412 g/mol. The predicted octanol–water partition coefficient (Wildman–Crippen LogP) is 3.04. The lowest BCUT2D eigenvalue weighted by Crippen LogP contribution is -2.40. The second-order valence-electron chi connectivity index (χ2n) is 7.25. The van der Waals surface area contributed by atoms with E-state index in [1.807, 2.05) is 38.1 Å². The van der Waals surface area contributed by atoms with E-state index in [-0.39, 0.29) is 36.4 Å². The number of amides is 2. The molecule has 3 aromatic rings. The molecule has 0 aliphatic carbocycles. The number of nitro groups is 1. The third-order valence-electron chi connectivity index (χ3n) is 4.75. The smallest absolute Gasteiger partial charge is 0.270 e. The van der Waals surface area contributed by atoms with E-state index in [0.29, 0.717) is 24.2 Å². The van der Waals surface area contributed by atoms with Gasteiger partial charge >= 0.3 is 0 Å². The molecule has 32 heavy (non-hydrogen) atoms. The molecule has 3 rings (SSSR count). The maximum Gasteiger partial charge on any atom is 0.270 e. The lowest BCUT2D eigenvalue weighted by molar-refractivity contribution is -0.384. The molecule has 0 spiro atoms. The van der Waals surface area contributed by atoms with Gasteiger partial charge in [-0.15, -0.1) is 0 Å². The normalized spacial score (nSPS) is 10.6. The van der Waals surface area contributed by atoms with Crippen molar-refractivity contribution >= 4 is 23.2 Å². The zero-order valence-electron chi connectivity index (χ0n) is 17.9. The Hall–Kier alpha value is -4.08. The van der Waals surface area contributed by atoms with Gasteiger partial charge in [0.2, 0.25) is 11.8 Å². The van der Waals surface area contributed by atoms with Crippen LogP contribution in [0.5, 0.6) is 0 Å². The summed E-state index contributed by atoms with van der Waals surface area (Å²) in [6.07, 6.45) is 2.09. The Morgan fingerprint density at radius 2 is 1.97 bits per heavy atom. The fourth-order valence-corrected chi connectivity index (χ4v) is 3.14. The molecule has 1 N–H and O–H groups in total. The van der Waals surface area contributed by atoms with Crippen molar-refractivity contribution in [3.8, 4) is 11.4 Å². The molecule has 166 valence electrons. The summed E-state index contributed by atoms with van der Waals surface area (Å²) in [5.74, 6) is -0.278. The van der Waals surface area contributed by atoms with Gasteiger partial charge in [-0.05, 0) is 25.0 Å². The number of aromatic nitrogens is 3. The van der Waals surface area contributed by atoms with Crippen molar-refractivity contribution in [1.82, 2.24) is 19.7 Å². The largest absolute Gasteiger partial charge is 0.332 e. The van der Waals surface area contributed by atoms with Crippen molar-refractivity contribution in [2.24, 2.45) is 0 Å². The summed E-state index contributed by atoms with van der Waals surface area (Å²) in [5.41, 5.74) is 2.06. The van der Waals surface area contributed by atoms with Crippen molar-refractivity contribution in [3.63, 3.8) is 0 Å². The summed E-state index contributed by atoms with van der Waals surface area (Å²) in [6, 6.07) is 13.4. The number of rotatable bonds is 9. The predicted molar refractivity (Wildman–Crippen MR) is 119 cm³/mol. The van der Waals surface area contributed by atoms with Gasteiger partial charge in [0.05, 0.1) is 11.5 Å². The van der Waals surface area contributed by atoms with Crippen LogP contribution in [0.3, 0.4) is 0 Å². The number of benzene rings is 2. The summed E-state index contributed by atoms with van der Waals surface area (Å²) in [4.78, 5) is 41.4. The second-order valence-corrected chi connectivity index (χ2v) is 7.25. The zero-order chi connectivity index (χ0) is 23.1. The second kappa shape index (κ2) is 10.3. The van der Waals surface area contributed by atoms with Gasteiger partial charge in [-0.2, -0.15) is 5.10 Å². The van der Waals surface area contributed by atoms with Crippen LogP contribution < -0.4 is 5.32 Å². The Balaban J connectivity index is 1.66. The highest BCUT2D eigenvalue weighted by molar-refractivity contribution is 5.95. The van der Waals surface area contributed by atoms with E-state index in [2.05, 4.69) is 15.4 Å². The first kappa shape index (κ1) is 22.6. The highest BCUT2D eigenvalue weighted by atomic mass is 16.6. The fraction of sp³-hybridized carbons (Fsp3) is 0.273. The minimum absolute atomic E-state index is 0.0660. The molecule has 0 saturated heterocycles. The minimum Gasteiger partial charge on any atom is -0.332 e. The number of non-ortho nitro benzene ring substituents is 1. The summed E-state index contributed by atoms with van der Waals surface area (Å²) >= 11 is 0. The first-order valence-corrected chi connectivity index (χ1v) is 10.1. The lowest BCUT2D eigenvalue weighted by Gasteiger charge is -2.21. The van der Waals surface area contributed by atoms with Crippen LogP contribution in [-0.2, 0) is 16.1 Å². The molecule has 1 aromatic heterocycles. The maximum atomic E-state index is 12.8. The summed E-state index contributed by atoms with van der Waals surface area (Å²) in [6.45, 7) is 4.07. The van der Waals surface area contributed by atoms with Crippen molar-refractivity contribution in [1.29, 1.82) is 0 Å². The van der Waals surface area contributed by atoms with Gasteiger partial charge in [0.25, 0.3) is 5.69 Å². The lowest BCUT2D eigenvalue weighted by atomic mass is 10.2. The van der Waals surface area contributed by atoms with Crippen molar-refractivity contribution in [3.05, 3.63) is 70.5 Å². The molecule has 0 aliphatic rings. The van der Waals surface area contributed by atoms with Crippen LogP contribution in [0.1, 0.15) is 18.9 Å². The number of nitrogens with one attached hydrogen (secondary N) is 1. The van der Waals surface area contributed by atoms with Crippen LogP contribution in [0.15, 0.2) is 54.9 Å². The van der Waals surface area contributed by atoms with E-state index in [1.54, 1.807) is 12.1 Å². The fourth-order valence-electron chi connectivity index (χ4n) is 3.14. The van der Waals surface area contributed by atoms with Gasteiger partial charge in [-0.3, -0.25) is 19.7 Å². The number of nitrogens with zero attached hydrogens (tertiary/aromatic N) is 5. The average Bonchev–Trinajstić information content (AvgIpc) is 3.23. The molecule has 0 atom stereocenters. The molecule has 0 radical (unpaired) electrons.